The van der Waals surface area contributed by atoms with Crippen LogP contribution in [-0.4, -0.2) is 16.1 Å². The van der Waals surface area contributed by atoms with Gasteiger partial charge in [-0.25, -0.2) is 0 Å². The van der Waals surface area contributed by atoms with E-state index in [0.29, 0.717) is 0 Å². The van der Waals surface area contributed by atoms with E-state index in [-0.39, 0.29) is 12.0 Å². The van der Waals surface area contributed by atoms with Crippen molar-refractivity contribution in [3.05, 3.63) is 36.0 Å². The summed E-state index contributed by atoms with van der Waals surface area (Å²) in [6, 6.07) is 7.69. The molecule has 0 aliphatic heterocycles. The summed E-state index contributed by atoms with van der Waals surface area (Å²) >= 11 is 0. The molecular weight excluding hydrogens is 200 g/mol. The fourth-order valence-electron chi connectivity index (χ4n) is 1.91. The molecule has 0 spiro atoms. The van der Waals surface area contributed by atoms with Crippen molar-refractivity contribution in [1.29, 1.82) is 0 Å². The monoisotopic (exact) mass is 218 g/mol. The van der Waals surface area contributed by atoms with E-state index in [1.165, 1.54) is 0 Å². The first-order valence-corrected chi connectivity index (χ1v) is 5.61. The predicted molar refractivity (Wildman–Crippen MR) is 66.1 cm³/mol. The Morgan fingerprint density at radius 3 is 2.62 bits per heavy atom. The fraction of sp³-hybridized carbons (Fsp3) is 0.385. The van der Waals surface area contributed by atoms with E-state index in [1.807, 2.05) is 44.3 Å². The van der Waals surface area contributed by atoms with Crippen LogP contribution in [0.5, 0.6) is 0 Å². The summed E-state index contributed by atoms with van der Waals surface area (Å²) in [6.45, 7) is 4.03. The van der Waals surface area contributed by atoms with Gasteiger partial charge in [0.15, 0.2) is 0 Å². The molecule has 2 atom stereocenters. The molecule has 0 aliphatic carbocycles. The van der Waals surface area contributed by atoms with Crippen LogP contribution in [0.1, 0.15) is 25.5 Å². The van der Waals surface area contributed by atoms with Crippen molar-refractivity contribution in [3.63, 3.8) is 0 Å². The SMILES string of the molecule is CC(C)C(N)C(O)c1c[nH]c2ccccc12. The van der Waals surface area contributed by atoms with Gasteiger partial charge >= 0.3 is 0 Å². The number of hydrogen-bond donors (Lipinski definition) is 3. The number of hydrogen-bond acceptors (Lipinski definition) is 2. The smallest absolute Gasteiger partial charge is 0.0963 e. The van der Waals surface area contributed by atoms with Gasteiger partial charge in [0.05, 0.1) is 6.10 Å². The second kappa shape index (κ2) is 4.28. The molecule has 0 aliphatic rings. The summed E-state index contributed by atoms with van der Waals surface area (Å²) in [5.41, 5.74) is 7.90. The molecule has 2 unspecified atom stereocenters. The minimum Gasteiger partial charge on any atom is -0.387 e. The second-order valence-electron chi connectivity index (χ2n) is 4.56. The lowest BCUT2D eigenvalue weighted by Gasteiger charge is -2.21. The molecule has 0 radical (unpaired) electrons. The van der Waals surface area contributed by atoms with Gasteiger partial charge in [-0.1, -0.05) is 32.0 Å². The first-order valence-electron chi connectivity index (χ1n) is 5.61. The number of nitrogens with two attached hydrogens (primary N) is 1. The molecule has 3 heteroatoms. The van der Waals surface area contributed by atoms with Gasteiger partial charge in [0.2, 0.25) is 0 Å². The van der Waals surface area contributed by atoms with Gasteiger partial charge in [0, 0.05) is 28.7 Å². The second-order valence-corrected chi connectivity index (χ2v) is 4.56. The molecular formula is C13H18N2O. The van der Waals surface area contributed by atoms with Crippen molar-refractivity contribution < 1.29 is 5.11 Å². The number of aliphatic hydroxyl groups excluding tert-OH is 1. The normalized spacial score (nSPS) is 15.6. The number of nitrogens with one attached hydrogen (secondary N) is 1. The molecule has 86 valence electrons. The molecule has 3 nitrogen and oxygen atoms in total. The number of aliphatic hydroxyl groups is 1. The minimum atomic E-state index is -0.615. The highest BCUT2D eigenvalue weighted by Gasteiger charge is 2.22. The van der Waals surface area contributed by atoms with Crippen LogP contribution in [0.15, 0.2) is 30.5 Å². The van der Waals surface area contributed by atoms with E-state index in [9.17, 15) is 5.11 Å². The Morgan fingerprint density at radius 2 is 1.94 bits per heavy atom. The summed E-state index contributed by atoms with van der Waals surface area (Å²) in [4.78, 5) is 3.15. The lowest BCUT2D eigenvalue weighted by molar-refractivity contribution is 0.127. The van der Waals surface area contributed by atoms with Crippen LogP contribution in [0.3, 0.4) is 0 Å². The van der Waals surface area contributed by atoms with E-state index in [0.717, 1.165) is 16.5 Å². The number of aromatic nitrogens is 1. The van der Waals surface area contributed by atoms with Gasteiger partial charge in [-0.3, -0.25) is 0 Å². The molecule has 0 saturated heterocycles. The number of rotatable bonds is 3. The molecule has 0 amide bonds. The summed E-state index contributed by atoms with van der Waals surface area (Å²) in [6.07, 6.45) is 1.23. The summed E-state index contributed by atoms with van der Waals surface area (Å²) in [5.74, 6) is 0.253. The van der Waals surface area contributed by atoms with E-state index in [4.69, 9.17) is 5.73 Å². The number of H-pyrrole nitrogens is 1. The summed E-state index contributed by atoms with van der Waals surface area (Å²) < 4.78 is 0. The molecule has 4 N–H and O–H groups in total. The maximum atomic E-state index is 10.2. The third kappa shape index (κ3) is 1.84. The van der Waals surface area contributed by atoms with Crippen molar-refractivity contribution in [2.45, 2.75) is 26.0 Å². The Labute approximate surface area is 95.3 Å². The Bertz CT molecular complexity index is 475. The van der Waals surface area contributed by atoms with Crippen molar-refractivity contribution >= 4 is 10.9 Å². The third-order valence-electron chi connectivity index (χ3n) is 3.07. The average molecular weight is 218 g/mol. The molecule has 1 aromatic carbocycles. The summed E-state index contributed by atoms with van der Waals surface area (Å²) in [5, 5.41) is 11.2. The number of aromatic amines is 1. The quantitative estimate of drug-likeness (QED) is 0.739. The maximum Gasteiger partial charge on any atom is 0.0963 e. The van der Waals surface area contributed by atoms with Crippen molar-refractivity contribution in [3.8, 4) is 0 Å². The Balaban J connectivity index is 2.40. The Kier molecular flexibility index (Phi) is 2.99. The number of benzene rings is 1. The van der Waals surface area contributed by atoms with Gasteiger partial charge in [-0.2, -0.15) is 0 Å². The zero-order valence-electron chi connectivity index (χ0n) is 9.64. The number of fused-ring (bicyclic) bond motifs is 1. The van der Waals surface area contributed by atoms with Crippen LogP contribution in [0.25, 0.3) is 10.9 Å². The highest BCUT2D eigenvalue weighted by atomic mass is 16.3. The lowest BCUT2D eigenvalue weighted by atomic mass is 9.94. The highest BCUT2D eigenvalue weighted by molar-refractivity contribution is 5.83. The first kappa shape index (κ1) is 11.2. The first-order chi connectivity index (χ1) is 7.61. The molecule has 0 bridgehead atoms. The largest absolute Gasteiger partial charge is 0.387 e. The standard InChI is InChI=1S/C13H18N2O/c1-8(2)12(14)13(16)10-7-15-11-6-4-3-5-9(10)11/h3-8,12-13,15-16H,14H2,1-2H3. The van der Waals surface area contributed by atoms with Crippen molar-refractivity contribution in [2.75, 3.05) is 0 Å². The van der Waals surface area contributed by atoms with Gasteiger partial charge in [-0.05, 0) is 12.0 Å². The Morgan fingerprint density at radius 1 is 1.25 bits per heavy atom. The third-order valence-corrected chi connectivity index (χ3v) is 3.07. The van der Waals surface area contributed by atoms with Crippen LogP contribution in [0, 0.1) is 5.92 Å². The molecule has 2 rings (SSSR count). The van der Waals surface area contributed by atoms with Gasteiger partial charge in [-0.15, -0.1) is 0 Å². The van der Waals surface area contributed by atoms with Gasteiger partial charge < -0.3 is 15.8 Å². The molecule has 16 heavy (non-hydrogen) atoms. The van der Waals surface area contributed by atoms with E-state index in [2.05, 4.69) is 4.98 Å². The van der Waals surface area contributed by atoms with Crippen LogP contribution in [-0.2, 0) is 0 Å². The molecule has 1 aromatic heterocycles. The maximum absolute atomic E-state index is 10.2. The Hall–Kier alpha value is -1.32. The van der Waals surface area contributed by atoms with E-state index in [1.54, 1.807) is 0 Å². The zero-order chi connectivity index (χ0) is 11.7. The predicted octanol–water partition coefficient (Wildman–Crippen LogP) is 2.18. The fourth-order valence-corrected chi connectivity index (χ4v) is 1.91. The molecule has 2 aromatic rings. The van der Waals surface area contributed by atoms with Crippen LogP contribution < -0.4 is 5.73 Å². The molecule has 1 heterocycles. The van der Waals surface area contributed by atoms with Crippen LogP contribution in [0.4, 0.5) is 0 Å². The summed E-state index contributed by atoms with van der Waals surface area (Å²) in [7, 11) is 0. The van der Waals surface area contributed by atoms with Crippen molar-refractivity contribution in [2.24, 2.45) is 11.7 Å². The lowest BCUT2D eigenvalue weighted by Crippen LogP contribution is -2.33. The van der Waals surface area contributed by atoms with Crippen molar-refractivity contribution in [1.82, 2.24) is 4.98 Å². The van der Waals surface area contributed by atoms with E-state index >= 15 is 0 Å². The molecule has 0 fully saturated rings. The number of para-hydroxylation sites is 1. The van der Waals surface area contributed by atoms with Crippen LogP contribution >= 0.6 is 0 Å². The average Bonchev–Trinajstić information content (AvgIpc) is 2.70. The topological polar surface area (TPSA) is 62.0 Å². The highest BCUT2D eigenvalue weighted by Crippen LogP contribution is 2.27. The minimum absolute atomic E-state index is 0.237. The van der Waals surface area contributed by atoms with Crippen LogP contribution in [0.2, 0.25) is 0 Å². The zero-order valence-corrected chi connectivity index (χ0v) is 9.64. The van der Waals surface area contributed by atoms with Gasteiger partial charge in [0.25, 0.3) is 0 Å². The van der Waals surface area contributed by atoms with E-state index < -0.39 is 6.10 Å². The van der Waals surface area contributed by atoms with Gasteiger partial charge in [0.1, 0.15) is 0 Å². The molecule has 0 saturated carbocycles.